The maximum Gasteiger partial charge on any atom is 0.163 e. The van der Waals surface area contributed by atoms with Crippen molar-refractivity contribution in [3.63, 3.8) is 0 Å². The number of carbonyl (C=O) groups is 1. The number of ketones is 1. The lowest BCUT2D eigenvalue weighted by molar-refractivity contribution is 0.0994. The van der Waals surface area contributed by atoms with E-state index in [1.54, 1.807) is 0 Å². The number of hydrogen-bond donors (Lipinski definition) is 0. The Balaban J connectivity index is 1.64. The third-order valence-electron chi connectivity index (χ3n) is 4.47. The molecule has 3 aromatic carbocycles. The number of aryl methyl sites for hydroxylation is 1. The number of benzene rings is 3. The quantitative estimate of drug-likeness (QED) is 0.672. The van der Waals surface area contributed by atoms with Gasteiger partial charge in [-0.1, -0.05) is 60.7 Å². The van der Waals surface area contributed by atoms with Crippen molar-refractivity contribution < 1.29 is 9.53 Å². The van der Waals surface area contributed by atoms with Crippen molar-refractivity contribution in [2.45, 2.75) is 19.4 Å². The second kappa shape index (κ2) is 6.32. The van der Waals surface area contributed by atoms with Gasteiger partial charge in [0, 0.05) is 17.5 Å². The largest absolute Gasteiger partial charge is 0.488 e. The summed E-state index contributed by atoms with van der Waals surface area (Å²) in [5.41, 5.74) is 5.22. The third kappa shape index (κ3) is 2.83. The van der Waals surface area contributed by atoms with Gasteiger partial charge in [0.05, 0.1) is 0 Å². The Labute approximate surface area is 141 Å². The first-order valence-corrected chi connectivity index (χ1v) is 8.23. The molecule has 0 aliphatic heterocycles. The molecule has 4 rings (SSSR count). The highest BCUT2D eigenvalue weighted by Gasteiger charge is 2.20. The summed E-state index contributed by atoms with van der Waals surface area (Å²) in [7, 11) is 0. The summed E-state index contributed by atoms with van der Waals surface area (Å²) in [5.74, 6) is 1.08. The molecule has 3 aromatic rings. The molecule has 0 heterocycles. The highest BCUT2D eigenvalue weighted by Crippen LogP contribution is 2.33. The van der Waals surface area contributed by atoms with Gasteiger partial charge >= 0.3 is 0 Å². The van der Waals surface area contributed by atoms with E-state index < -0.39 is 0 Å². The van der Waals surface area contributed by atoms with Gasteiger partial charge in [-0.2, -0.15) is 0 Å². The monoisotopic (exact) mass is 314 g/mol. The third-order valence-corrected chi connectivity index (χ3v) is 4.47. The Kier molecular flexibility index (Phi) is 3.87. The minimum atomic E-state index is 0.245. The van der Waals surface area contributed by atoms with Crippen LogP contribution in [0.3, 0.4) is 0 Å². The van der Waals surface area contributed by atoms with E-state index in [1.165, 1.54) is 0 Å². The topological polar surface area (TPSA) is 26.3 Å². The first-order valence-electron chi connectivity index (χ1n) is 8.23. The Morgan fingerprint density at radius 3 is 2.46 bits per heavy atom. The molecular formula is C22H18O2. The molecule has 0 aromatic heterocycles. The van der Waals surface area contributed by atoms with E-state index in [0.717, 1.165) is 40.0 Å². The molecule has 0 fully saturated rings. The number of fused-ring (bicyclic) bond motifs is 1. The van der Waals surface area contributed by atoms with Crippen LogP contribution >= 0.6 is 0 Å². The molecule has 2 nitrogen and oxygen atoms in total. The van der Waals surface area contributed by atoms with Crippen LogP contribution in [0.1, 0.15) is 27.9 Å². The van der Waals surface area contributed by atoms with Crippen LogP contribution in [-0.4, -0.2) is 5.78 Å². The van der Waals surface area contributed by atoms with Crippen molar-refractivity contribution >= 4 is 5.78 Å². The molecule has 0 bridgehead atoms. The fourth-order valence-corrected chi connectivity index (χ4v) is 3.17. The summed E-state index contributed by atoms with van der Waals surface area (Å²) < 4.78 is 6.04. The molecule has 1 aliphatic carbocycles. The molecule has 0 atom stereocenters. The van der Waals surface area contributed by atoms with Crippen LogP contribution in [0.15, 0.2) is 72.8 Å². The minimum Gasteiger partial charge on any atom is -0.488 e. The van der Waals surface area contributed by atoms with Gasteiger partial charge in [0.1, 0.15) is 12.4 Å². The van der Waals surface area contributed by atoms with Crippen LogP contribution in [0.5, 0.6) is 5.75 Å². The number of ether oxygens (including phenoxy) is 1. The highest BCUT2D eigenvalue weighted by molar-refractivity contribution is 6.01. The Bertz CT molecular complexity index is 881. The maximum atomic E-state index is 12.0. The molecule has 0 N–H and O–H groups in total. The number of rotatable bonds is 4. The zero-order valence-electron chi connectivity index (χ0n) is 13.4. The molecule has 0 amide bonds. The smallest absolute Gasteiger partial charge is 0.163 e. The van der Waals surface area contributed by atoms with Crippen molar-refractivity contribution in [3.05, 3.63) is 89.5 Å². The molecule has 24 heavy (non-hydrogen) atoms. The van der Waals surface area contributed by atoms with Gasteiger partial charge in [0.2, 0.25) is 0 Å². The number of para-hydroxylation sites is 1. The highest BCUT2D eigenvalue weighted by atomic mass is 16.5. The summed E-state index contributed by atoms with van der Waals surface area (Å²) in [6.07, 6.45) is 1.49. The van der Waals surface area contributed by atoms with Crippen LogP contribution in [-0.2, 0) is 13.0 Å². The van der Waals surface area contributed by atoms with Crippen molar-refractivity contribution in [2.75, 3.05) is 0 Å². The zero-order valence-corrected chi connectivity index (χ0v) is 13.4. The second-order valence-corrected chi connectivity index (χ2v) is 6.07. The average molecular weight is 314 g/mol. The number of hydrogen-bond acceptors (Lipinski definition) is 2. The predicted molar refractivity (Wildman–Crippen MR) is 95.3 cm³/mol. The van der Waals surface area contributed by atoms with E-state index in [4.69, 9.17) is 4.74 Å². The van der Waals surface area contributed by atoms with Crippen LogP contribution in [0.4, 0.5) is 0 Å². The van der Waals surface area contributed by atoms with E-state index in [-0.39, 0.29) is 5.78 Å². The van der Waals surface area contributed by atoms with Crippen molar-refractivity contribution in [1.82, 2.24) is 0 Å². The summed E-state index contributed by atoms with van der Waals surface area (Å²) in [4.78, 5) is 12.0. The Hall–Kier alpha value is -2.87. The zero-order chi connectivity index (χ0) is 16.4. The molecule has 2 heteroatoms. The van der Waals surface area contributed by atoms with Gasteiger partial charge in [-0.3, -0.25) is 4.79 Å². The van der Waals surface area contributed by atoms with Crippen LogP contribution in [0.2, 0.25) is 0 Å². The summed E-state index contributed by atoms with van der Waals surface area (Å²) in [6.45, 7) is 0.529. The van der Waals surface area contributed by atoms with Gasteiger partial charge in [0.25, 0.3) is 0 Å². The predicted octanol–water partition coefficient (Wildman–Crippen LogP) is 5.06. The molecule has 0 saturated heterocycles. The lowest BCUT2D eigenvalue weighted by atomic mass is 9.99. The normalized spacial score (nSPS) is 12.9. The molecule has 0 saturated carbocycles. The molecule has 0 radical (unpaired) electrons. The summed E-state index contributed by atoms with van der Waals surface area (Å²) in [5, 5.41) is 0. The van der Waals surface area contributed by atoms with E-state index in [1.807, 2.05) is 48.5 Å². The fourth-order valence-electron chi connectivity index (χ4n) is 3.17. The van der Waals surface area contributed by atoms with Gasteiger partial charge < -0.3 is 4.74 Å². The summed E-state index contributed by atoms with van der Waals surface area (Å²) in [6, 6.07) is 24.3. The first kappa shape index (κ1) is 14.7. The first-order chi connectivity index (χ1) is 11.8. The molecule has 118 valence electrons. The maximum absolute atomic E-state index is 12.0. The van der Waals surface area contributed by atoms with Gasteiger partial charge in [0.15, 0.2) is 5.78 Å². The van der Waals surface area contributed by atoms with E-state index in [9.17, 15) is 4.79 Å². The van der Waals surface area contributed by atoms with Gasteiger partial charge in [-0.05, 0) is 35.2 Å². The van der Waals surface area contributed by atoms with Gasteiger partial charge in [-0.15, -0.1) is 0 Å². The average Bonchev–Trinajstić information content (AvgIpc) is 3.02. The Morgan fingerprint density at radius 1 is 0.792 bits per heavy atom. The van der Waals surface area contributed by atoms with Crippen molar-refractivity contribution in [1.29, 1.82) is 0 Å². The van der Waals surface area contributed by atoms with E-state index >= 15 is 0 Å². The SMILES string of the molecule is O=C1CCc2ccc(-c3ccccc3OCc3ccccc3)cc21. The number of carbonyl (C=O) groups excluding carboxylic acids is 1. The van der Waals surface area contributed by atoms with Crippen LogP contribution in [0, 0.1) is 0 Å². The molecule has 0 unspecified atom stereocenters. The molecular weight excluding hydrogens is 296 g/mol. The van der Waals surface area contributed by atoms with Crippen molar-refractivity contribution in [3.8, 4) is 16.9 Å². The van der Waals surface area contributed by atoms with Crippen LogP contribution < -0.4 is 4.74 Å². The molecule has 1 aliphatic rings. The second-order valence-electron chi connectivity index (χ2n) is 6.07. The fraction of sp³-hybridized carbons (Fsp3) is 0.136. The standard InChI is InChI=1S/C22H18O2/c23-21-13-12-17-10-11-18(14-20(17)21)19-8-4-5-9-22(19)24-15-16-6-2-1-3-7-16/h1-11,14H,12-13,15H2. The summed E-state index contributed by atoms with van der Waals surface area (Å²) >= 11 is 0. The lowest BCUT2D eigenvalue weighted by Crippen LogP contribution is -1.97. The molecule has 0 spiro atoms. The van der Waals surface area contributed by atoms with E-state index in [2.05, 4.69) is 24.3 Å². The van der Waals surface area contributed by atoms with E-state index in [0.29, 0.717) is 13.0 Å². The minimum absolute atomic E-state index is 0.245. The number of Topliss-reactive ketones (excluding diaryl/α,β-unsaturated/α-hetero) is 1. The Morgan fingerprint density at radius 2 is 1.58 bits per heavy atom. The van der Waals surface area contributed by atoms with Crippen LogP contribution in [0.25, 0.3) is 11.1 Å². The van der Waals surface area contributed by atoms with Crippen molar-refractivity contribution in [2.24, 2.45) is 0 Å². The lowest BCUT2D eigenvalue weighted by Gasteiger charge is -2.12. The van der Waals surface area contributed by atoms with Gasteiger partial charge in [-0.25, -0.2) is 0 Å².